The normalized spacial score (nSPS) is 12.3. The van der Waals surface area contributed by atoms with Crippen LogP contribution >= 0.6 is 0 Å². The predicted molar refractivity (Wildman–Crippen MR) is 106 cm³/mol. The van der Waals surface area contributed by atoms with Gasteiger partial charge in [-0.3, -0.25) is 9.59 Å². The van der Waals surface area contributed by atoms with Crippen molar-refractivity contribution in [2.24, 2.45) is 5.92 Å². The highest BCUT2D eigenvalue weighted by Crippen LogP contribution is 2.14. The van der Waals surface area contributed by atoms with Gasteiger partial charge in [0.25, 0.3) is 11.8 Å². The quantitative estimate of drug-likeness (QED) is 0.557. The van der Waals surface area contributed by atoms with E-state index in [9.17, 15) is 19.5 Å². The van der Waals surface area contributed by atoms with Gasteiger partial charge in [-0.1, -0.05) is 26.0 Å². The molecule has 0 aliphatic heterocycles. The van der Waals surface area contributed by atoms with E-state index >= 15 is 0 Å². The van der Waals surface area contributed by atoms with Crippen LogP contribution in [0, 0.1) is 5.92 Å². The smallest absolute Gasteiger partial charge is 0.326 e. The molecular weight excluding hydrogens is 376 g/mol. The van der Waals surface area contributed by atoms with Crippen LogP contribution in [0.15, 0.2) is 52.8 Å². The number of furan rings is 1. The molecule has 1 heterocycles. The summed E-state index contributed by atoms with van der Waals surface area (Å²) >= 11 is 0. The Hall–Kier alpha value is -3.55. The Morgan fingerprint density at radius 2 is 1.86 bits per heavy atom. The zero-order valence-electron chi connectivity index (χ0n) is 16.5. The SMILES string of the molecule is COc1ccc(/C=C(/NC(=O)c2ccco2)C(=O)N[C@@H](CC(C)C)C(=O)O)cc1. The van der Waals surface area contributed by atoms with Gasteiger partial charge in [0.1, 0.15) is 17.5 Å². The van der Waals surface area contributed by atoms with Crippen molar-refractivity contribution in [3.05, 3.63) is 59.7 Å². The number of carboxylic acid groups (broad SMARTS) is 1. The molecule has 154 valence electrons. The van der Waals surface area contributed by atoms with Crippen molar-refractivity contribution in [1.29, 1.82) is 0 Å². The lowest BCUT2D eigenvalue weighted by Crippen LogP contribution is -2.44. The summed E-state index contributed by atoms with van der Waals surface area (Å²) in [7, 11) is 1.54. The molecule has 0 aliphatic carbocycles. The highest BCUT2D eigenvalue weighted by atomic mass is 16.5. The maximum absolute atomic E-state index is 12.8. The third-order valence-corrected chi connectivity index (χ3v) is 3.98. The molecule has 2 amide bonds. The molecule has 3 N–H and O–H groups in total. The van der Waals surface area contributed by atoms with Gasteiger partial charge in [0, 0.05) is 0 Å². The lowest BCUT2D eigenvalue weighted by Gasteiger charge is -2.18. The van der Waals surface area contributed by atoms with Gasteiger partial charge >= 0.3 is 5.97 Å². The number of hydrogen-bond donors (Lipinski definition) is 3. The molecule has 0 bridgehead atoms. The fraction of sp³-hybridized carbons (Fsp3) is 0.286. The first-order chi connectivity index (χ1) is 13.8. The molecule has 1 aromatic carbocycles. The van der Waals surface area contributed by atoms with E-state index in [1.165, 1.54) is 25.5 Å². The van der Waals surface area contributed by atoms with Crippen LogP contribution in [0.3, 0.4) is 0 Å². The maximum Gasteiger partial charge on any atom is 0.326 e. The summed E-state index contributed by atoms with van der Waals surface area (Å²) in [5, 5.41) is 14.3. The minimum absolute atomic E-state index is 0.0235. The Kier molecular flexibility index (Phi) is 7.59. The van der Waals surface area contributed by atoms with Crippen molar-refractivity contribution in [2.75, 3.05) is 7.11 Å². The molecule has 8 nitrogen and oxygen atoms in total. The maximum atomic E-state index is 12.8. The molecule has 0 saturated heterocycles. The number of carboxylic acids is 1. The molecular formula is C21H24N2O6. The molecule has 2 rings (SSSR count). The van der Waals surface area contributed by atoms with Gasteiger partial charge in [0.2, 0.25) is 0 Å². The fourth-order valence-corrected chi connectivity index (χ4v) is 2.55. The Bertz CT molecular complexity index is 869. The Labute approximate surface area is 168 Å². The zero-order valence-corrected chi connectivity index (χ0v) is 16.5. The average Bonchev–Trinajstić information content (AvgIpc) is 3.22. The van der Waals surface area contributed by atoms with E-state index in [4.69, 9.17) is 9.15 Å². The Morgan fingerprint density at radius 1 is 1.17 bits per heavy atom. The number of amides is 2. The molecule has 0 fully saturated rings. The summed E-state index contributed by atoms with van der Waals surface area (Å²) in [6.45, 7) is 3.71. The van der Waals surface area contributed by atoms with E-state index in [1.54, 1.807) is 30.3 Å². The summed E-state index contributed by atoms with van der Waals surface area (Å²) in [4.78, 5) is 36.6. The lowest BCUT2D eigenvalue weighted by atomic mass is 10.0. The standard InChI is InChI=1S/C21H24N2O6/c1-13(2)11-17(21(26)27)23-19(24)16(22-20(25)18-5-4-10-29-18)12-14-6-8-15(28-3)9-7-14/h4-10,12-13,17H,11H2,1-3H3,(H,22,25)(H,23,24)(H,26,27)/b16-12+/t17-/m0/s1. The van der Waals surface area contributed by atoms with E-state index in [1.807, 2.05) is 13.8 Å². The number of nitrogens with one attached hydrogen (secondary N) is 2. The van der Waals surface area contributed by atoms with Crippen LogP contribution in [0.2, 0.25) is 0 Å². The average molecular weight is 400 g/mol. The van der Waals surface area contributed by atoms with E-state index in [2.05, 4.69) is 10.6 Å². The third kappa shape index (κ3) is 6.53. The second-order valence-corrected chi connectivity index (χ2v) is 6.76. The predicted octanol–water partition coefficient (Wildman–Crippen LogP) is 2.67. The summed E-state index contributed by atoms with van der Waals surface area (Å²) < 4.78 is 10.2. The summed E-state index contributed by atoms with van der Waals surface area (Å²) in [6, 6.07) is 8.73. The highest BCUT2D eigenvalue weighted by Gasteiger charge is 2.24. The van der Waals surface area contributed by atoms with E-state index < -0.39 is 23.8 Å². The number of benzene rings is 1. The lowest BCUT2D eigenvalue weighted by molar-refractivity contribution is -0.141. The number of hydrogen-bond acceptors (Lipinski definition) is 5. The minimum atomic E-state index is -1.15. The summed E-state index contributed by atoms with van der Waals surface area (Å²) in [6.07, 6.45) is 3.04. The Morgan fingerprint density at radius 3 is 2.38 bits per heavy atom. The molecule has 0 radical (unpaired) electrons. The van der Waals surface area contributed by atoms with E-state index in [0.29, 0.717) is 11.3 Å². The van der Waals surface area contributed by atoms with Gasteiger partial charge in [-0.2, -0.15) is 0 Å². The van der Waals surface area contributed by atoms with Crippen molar-refractivity contribution in [3.63, 3.8) is 0 Å². The van der Waals surface area contributed by atoms with Gasteiger partial charge in [-0.25, -0.2) is 4.79 Å². The molecule has 8 heteroatoms. The minimum Gasteiger partial charge on any atom is -0.497 e. The highest BCUT2D eigenvalue weighted by molar-refractivity contribution is 6.05. The molecule has 29 heavy (non-hydrogen) atoms. The first kappa shape index (κ1) is 21.7. The first-order valence-electron chi connectivity index (χ1n) is 9.04. The number of methoxy groups -OCH3 is 1. The van der Waals surface area contributed by atoms with Gasteiger partial charge in [0.05, 0.1) is 13.4 Å². The van der Waals surface area contributed by atoms with Crippen molar-refractivity contribution >= 4 is 23.9 Å². The molecule has 2 aromatic rings. The fourth-order valence-electron chi connectivity index (χ4n) is 2.55. The van der Waals surface area contributed by atoms with Crippen LogP contribution in [0.5, 0.6) is 5.75 Å². The van der Waals surface area contributed by atoms with E-state index in [-0.39, 0.29) is 23.8 Å². The molecule has 1 atom stereocenters. The second-order valence-electron chi connectivity index (χ2n) is 6.76. The zero-order chi connectivity index (χ0) is 21.4. The van der Waals surface area contributed by atoms with Crippen molar-refractivity contribution in [3.8, 4) is 5.75 Å². The summed E-state index contributed by atoms with van der Waals surface area (Å²) in [5.74, 6) is -1.77. The van der Waals surface area contributed by atoms with Crippen molar-refractivity contribution < 1.29 is 28.6 Å². The van der Waals surface area contributed by atoms with Crippen LogP contribution in [-0.4, -0.2) is 36.0 Å². The molecule has 0 unspecified atom stereocenters. The molecule has 1 aromatic heterocycles. The summed E-state index contributed by atoms with van der Waals surface area (Å²) in [5.41, 5.74) is 0.512. The van der Waals surface area contributed by atoms with Gasteiger partial charge < -0.3 is 24.9 Å². The topological polar surface area (TPSA) is 118 Å². The van der Waals surface area contributed by atoms with Gasteiger partial charge in [-0.05, 0) is 48.2 Å². The van der Waals surface area contributed by atoms with Crippen LogP contribution in [0.25, 0.3) is 6.08 Å². The number of rotatable bonds is 9. The van der Waals surface area contributed by atoms with Crippen LogP contribution < -0.4 is 15.4 Å². The van der Waals surface area contributed by atoms with Crippen molar-refractivity contribution in [2.45, 2.75) is 26.3 Å². The first-order valence-corrected chi connectivity index (χ1v) is 9.04. The van der Waals surface area contributed by atoms with Gasteiger partial charge in [0.15, 0.2) is 5.76 Å². The molecule has 0 spiro atoms. The molecule has 0 saturated carbocycles. The largest absolute Gasteiger partial charge is 0.497 e. The number of carbonyl (C=O) groups is 3. The monoisotopic (exact) mass is 400 g/mol. The van der Waals surface area contributed by atoms with Crippen LogP contribution in [0.1, 0.15) is 36.4 Å². The Balaban J connectivity index is 2.28. The molecule has 0 aliphatic rings. The van der Waals surface area contributed by atoms with Crippen LogP contribution in [-0.2, 0) is 9.59 Å². The van der Waals surface area contributed by atoms with Crippen LogP contribution in [0.4, 0.5) is 0 Å². The van der Waals surface area contributed by atoms with Gasteiger partial charge in [-0.15, -0.1) is 0 Å². The number of ether oxygens (including phenoxy) is 1. The van der Waals surface area contributed by atoms with Crippen molar-refractivity contribution in [1.82, 2.24) is 10.6 Å². The number of aliphatic carboxylic acids is 1. The van der Waals surface area contributed by atoms with E-state index in [0.717, 1.165) is 0 Å². The second kappa shape index (κ2) is 10.1. The third-order valence-electron chi connectivity index (χ3n) is 3.98. The number of carbonyl (C=O) groups excluding carboxylic acids is 2.